The molecule has 0 radical (unpaired) electrons. The van der Waals surface area contributed by atoms with E-state index >= 15 is 0 Å². The first-order chi connectivity index (χ1) is 9.41. The van der Waals surface area contributed by atoms with Crippen molar-refractivity contribution in [3.63, 3.8) is 0 Å². The molecule has 0 spiro atoms. The van der Waals surface area contributed by atoms with E-state index in [0.29, 0.717) is 18.9 Å². The summed E-state index contributed by atoms with van der Waals surface area (Å²) in [5, 5.41) is 8.51. The molecular weight excluding hydrogens is 314 g/mol. The van der Waals surface area contributed by atoms with Crippen molar-refractivity contribution in [3.8, 4) is 0 Å². The molecule has 1 aromatic carbocycles. The number of halogens is 3. The van der Waals surface area contributed by atoms with E-state index < -0.39 is 39.8 Å². The van der Waals surface area contributed by atoms with E-state index in [9.17, 15) is 22.8 Å². The normalized spacial score (nSPS) is 14.0. The average molecular weight is 323 g/mol. The second-order valence-corrected chi connectivity index (χ2v) is 4.70. The number of hydrogen-bond acceptors (Lipinski definition) is 2. The Morgan fingerprint density at radius 2 is 1.86 bits per heavy atom. The summed E-state index contributed by atoms with van der Waals surface area (Å²) < 4.78 is 41.7. The fourth-order valence-electron chi connectivity index (χ4n) is 2.21. The second-order valence-electron chi connectivity index (χ2n) is 4.70. The Morgan fingerprint density at radius 3 is 2.38 bits per heavy atom. The van der Waals surface area contributed by atoms with Crippen molar-refractivity contribution in [3.05, 3.63) is 45.5 Å². The molecule has 21 heavy (non-hydrogen) atoms. The van der Waals surface area contributed by atoms with Gasteiger partial charge in [-0.1, -0.05) is 0 Å². The van der Waals surface area contributed by atoms with Crippen LogP contribution in [0.25, 0.3) is 10.9 Å². The molecule has 1 aliphatic rings. The average Bonchev–Trinajstić information content (AvgIpc) is 3.21. The summed E-state index contributed by atoms with van der Waals surface area (Å²) in [6.07, 6.45) is 2.32. The van der Waals surface area contributed by atoms with Gasteiger partial charge in [0.2, 0.25) is 5.43 Å². The Labute approximate surface area is 159 Å². The first-order valence-corrected chi connectivity index (χ1v) is 5.87. The summed E-state index contributed by atoms with van der Waals surface area (Å²) in [5.41, 5.74) is -2.00. The van der Waals surface area contributed by atoms with Crippen LogP contribution < -0.4 is 5.43 Å². The summed E-state index contributed by atoms with van der Waals surface area (Å²) in [6, 6.07) is 0.345. The molecule has 1 aromatic heterocycles. The van der Waals surface area contributed by atoms with Gasteiger partial charge in [-0.15, -0.1) is 0 Å². The molecule has 106 valence electrons. The number of fused-ring (bicyclic) bond motifs is 1. The first kappa shape index (κ1) is 16.7. The van der Waals surface area contributed by atoms with Gasteiger partial charge < -0.3 is 9.67 Å². The van der Waals surface area contributed by atoms with Crippen molar-refractivity contribution in [2.45, 2.75) is 18.9 Å². The van der Waals surface area contributed by atoms with E-state index in [-0.39, 0.29) is 62.9 Å². The van der Waals surface area contributed by atoms with Crippen LogP contribution in [0.2, 0.25) is 0 Å². The van der Waals surface area contributed by atoms with Crippen LogP contribution in [-0.4, -0.2) is 67.0 Å². The predicted molar refractivity (Wildman–Crippen MR) is 70.5 cm³/mol. The quantitative estimate of drug-likeness (QED) is 0.677. The number of nitrogens with zero attached hydrogens (tertiary/aromatic N) is 1. The number of carboxylic acids is 1. The number of benzene rings is 1. The minimum atomic E-state index is -1.67. The molecule has 3 rings (SSSR count). The first-order valence-electron chi connectivity index (χ1n) is 5.87. The Balaban J connectivity index is 0.00000161. The Bertz CT molecular complexity index is 815. The zero-order valence-corrected chi connectivity index (χ0v) is 9.99. The third-order valence-corrected chi connectivity index (χ3v) is 3.32. The summed E-state index contributed by atoms with van der Waals surface area (Å²) in [4.78, 5) is 23.0. The monoisotopic (exact) mass is 323 g/mol. The third-order valence-electron chi connectivity index (χ3n) is 3.32. The van der Waals surface area contributed by atoms with Gasteiger partial charge in [0.05, 0.1) is 10.9 Å². The summed E-state index contributed by atoms with van der Waals surface area (Å²) >= 11 is 0. The topological polar surface area (TPSA) is 59.3 Å². The predicted octanol–water partition coefficient (Wildman–Crippen LogP) is 1.80. The molecule has 0 bridgehead atoms. The molecule has 1 N–H and O–H groups in total. The van der Waals surface area contributed by atoms with Crippen LogP contribution in [0.4, 0.5) is 13.2 Å². The van der Waals surface area contributed by atoms with Gasteiger partial charge in [-0.3, -0.25) is 4.79 Å². The number of aromatic carboxylic acids is 1. The van der Waals surface area contributed by atoms with Crippen molar-refractivity contribution < 1.29 is 23.1 Å². The molecule has 0 saturated heterocycles. The van der Waals surface area contributed by atoms with E-state index in [0.717, 1.165) is 6.20 Å². The summed E-state index contributed by atoms with van der Waals surface area (Å²) in [7, 11) is 0. The second kappa shape index (κ2) is 5.84. The molecular formula is C13H9F3KNO3. The minimum absolute atomic E-state index is 0. The van der Waals surface area contributed by atoms with E-state index in [2.05, 4.69) is 0 Å². The van der Waals surface area contributed by atoms with E-state index in [1.165, 1.54) is 4.57 Å². The van der Waals surface area contributed by atoms with E-state index in [1.807, 2.05) is 0 Å². The van der Waals surface area contributed by atoms with Gasteiger partial charge >= 0.3 is 57.4 Å². The molecule has 4 nitrogen and oxygen atoms in total. The van der Waals surface area contributed by atoms with Gasteiger partial charge in [0.25, 0.3) is 0 Å². The Kier molecular flexibility index (Phi) is 4.65. The van der Waals surface area contributed by atoms with Gasteiger partial charge in [-0.25, -0.2) is 18.0 Å². The molecule has 2 aromatic rings. The Hall–Kier alpha value is -0.674. The van der Waals surface area contributed by atoms with Crippen molar-refractivity contribution in [1.82, 2.24) is 4.57 Å². The van der Waals surface area contributed by atoms with Crippen molar-refractivity contribution >= 4 is 68.3 Å². The van der Waals surface area contributed by atoms with Crippen LogP contribution in [0.3, 0.4) is 0 Å². The van der Waals surface area contributed by atoms with Gasteiger partial charge in [-0.05, 0) is 18.9 Å². The molecule has 0 unspecified atom stereocenters. The van der Waals surface area contributed by atoms with Crippen LogP contribution in [0, 0.1) is 17.5 Å². The fourth-order valence-corrected chi connectivity index (χ4v) is 2.21. The molecule has 0 amide bonds. The van der Waals surface area contributed by atoms with Gasteiger partial charge in [0, 0.05) is 12.2 Å². The van der Waals surface area contributed by atoms with Gasteiger partial charge in [0.1, 0.15) is 5.56 Å². The maximum absolute atomic E-state index is 13.9. The van der Waals surface area contributed by atoms with Crippen LogP contribution >= 0.6 is 0 Å². The van der Waals surface area contributed by atoms with Crippen LogP contribution in [0.5, 0.6) is 0 Å². The fraction of sp³-hybridized carbons (Fsp3) is 0.231. The van der Waals surface area contributed by atoms with Crippen LogP contribution in [-0.2, 0) is 0 Å². The number of aromatic nitrogens is 1. The molecule has 0 atom stereocenters. The molecule has 1 fully saturated rings. The summed E-state index contributed by atoms with van der Waals surface area (Å²) in [5.74, 6) is -6.15. The van der Waals surface area contributed by atoms with Crippen molar-refractivity contribution in [1.29, 1.82) is 0 Å². The summed E-state index contributed by atoms with van der Waals surface area (Å²) in [6.45, 7) is 0. The number of rotatable bonds is 2. The SMILES string of the molecule is O=C(O)c1cn(C2CC2)c2c(F)c(F)c(F)cc2c1=O.[KH]. The zero-order chi connectivity index (χ0) is 14.6. The van der Waals surface area contributed by atoms with E-state index in [4.69, 9.17) is 5.11 Å². The number of hydrogen-bond donors (Lipinski definition) is 1. The molecule has 1 saturated carbocycles. The molecule has 1 heterocycles. The van der Waals surface area contributed by atoms with Crippen molar-refractivity contribution in [2.75, 3.05) is 0 Å². The zero-order valence-electron chi connectivity index (χ0n) is 9.99. The number of pyridine rings is 1. The third kappa shape index (κ3) is 2.70. The number of carbonyl (C=O) groups is 1. The van der Waals surface area contributed by atoms with E-state index in [1.54, 1.807) is 0 Å². The Morgan fingerprint density at radius 1 is 1.24 bits per heavy atom. The standard InChI is InChI=1S/C13H8F3NO3.K.H/c14-8-3-6-11(10(16)9(8)15)17(5-1-2-5)4-7(12(6)18)13(19)20;;/h3-5H,1-2H2,(H,19,20);;. The van der Waals surface area contributed by atoms with Crippen LogP contribution in [0.1, 0.15) is 29.2 Å². The van der Waals surface area contributed by atoms with Crippen LogP contribution in [0.15, 0.2) is 17.1 Å². The molecule has 1 aliphatic carbocycles. The molecule has 0 aliphatic heterocycles. The van der Waals surface area contributed by atoms with Crippen molar-refractivity contribution in [2.24, 2.45) is 0 Å². The number of carboxylic acid groups (broad SMARTS) is 1. The van der Waals surface area contributed by atoms with Gasteiger partial charge in [-0.2, -0.15) is 0 Å². The maximum atomic E-state index is 13.9. The molecule has 8 heteroatoms. The van der Waals surface area contributed by atoms with Gasteiger partial charge in [0.15, 0.2) is 17.5 Å².